The van der Waals surface area contributed by atoms with Crippen molar-refractivity contribution in [2.24, 2.45) is 0 Å². The lowest BCUT2D eigenvalue weighted by molar-refractivity contribution is 0.339. The number of hydrogen-bond donors (Lipinski definition) is 1. The largest absolute Gasteiger partial charge is 0.331 e. The van der Waals surface area contributed by atoms with Crippen molar-refractivity contribution in [1.29, 1.82) is 0 Å². The first kappa shape index (κ1) is 13.7. The summed E-state index contributed by atoms with van der Waals surface area (Å²) in [4.78, 5) is 5.20. The molecule has 0 amide bonds. The minimum Gasteiger partial charge on any atom is -0.331 e. The molecule has 98 valence electrons. The minimum absolute atomic E-state index is 0.182. The summed E-state index contributed by atoms with van der Waals surface area (Å²) in [6, 6.07) is 3.42. The van der Waals surface area contributed by atoms with Crippen LogP contribution in [-0.4, -0.2) is 35.1 Å². The van der Waals surface area contributed by atoms with E-state index in [1.54, 1.807) is 6.07 Å². The van der Waals surface area contributed by atoms with Crippen LogP contribution in [0.3, 0.4) is 0 Å². The Bertz CT molecular complexity index is 632. The molecule has 2 aromatic rings. The summed E-state index contributed by atoms with van der Waals surface area (Å²) in [5.74, 6) is -0.276. The molecule has 1 heterocycles. The molecule has 0 spiro atoms. The molecule has 1 N–H and O–H groups in total. The summed E-state index contributed by atoms with van der Waals surface area (Å²) in [6.07, 6.45) is 0. The van der Waals surface area contributed by atoms with Gasteiger partial charge in [-0.1, -0.05) is 0 Å². The highest BCUT2D eigenvalue weighted by atomic mass is 79.9. The van der Waals surface area contributed by atoms with E-state index in [0.29, 0.717) is 9.24 Å². The highest BCUT2D eigenvalue weighted by Gasteiger charge is 2.14. The molecule has 2 rings (SSSR count). The second kappa shape index (κ2) is 5.11. The molecular formula is C12H15BrFN3S. The average Bonchev–Trinajstić information content (AvgIpc) is 2.53. The molecule has 0 bridgehead atoms. The van der Waals surface area contributed by atoms with Gasteiger partial charge in [0.15, 0.2) is 4.77 Å². The number of nitrogens with zero attached hydrogens (tertiary/aromatic N) is 2. The van der Waals surface area contributed by atoms with E-state index in [-0.39, 0.29) is 11.9 Å². The van der Waals surface area contributed by atoms with Crippen LogP contribution in [0.15, 0.2) is 16.6 Å². The van der Waals surface area contributed by atoms with Crippen LogP contribution in [0.2, 0.25) is 0 Å². The normalized spacial score (nSPS) is 13.4. The summed E-state index contributed by atoms with van der Waals surface area (Å²) in [6.45, 7) is 2.92. The van der Waals surface area contributed by atoms with Crippen molar-refractivity contribution < 1.29 is 4.39 Å². The lowest BCUT2D eigenvalue weighted by atomic mass is 10.2. The molecule has 0 saturated carbocycles. The van der Waals surface area contributed by atoms with Crippen LogP contribution >= 0.6 is 28.1 Å². The summed E-state index contributed by atoms with van der Waals surface area (Å²) in [5.41, 5.74) is 1.65. The average molecular weight is 332 g/mol. The molecule has 3 nitrogen and oxygen atoms in total. The van der Waals surface area contributed by atoms with Gasteiger partial charge in [-0.15, -0.1) is 0 Å². The highest BCUT2D eigenvalue weighted by Crippen LogP contribution is 2.25. The highest BCUT2D eigenvalue weighted by molar-refractivity contribution is 9.10. The third kappa shape index (κ3) is 2.50. The van der Waals surface area contributed by atoms with E-state index >= 15 is 0 Å². The molecule has 1 aromatic carbocycles. The van der Waals surface area contributed by atoms with Gasteiger partial charge >= 0.3 is 0 Å². The van der Waals surface area contributed by atoms with Gasteiger partial charge in [0.2, 0.25) is 0 Å². The first-order valence-corrected chi connectivity index (χ1v) is 6.84. The van der Waals surface area contributed by atoms with Crippen LogP contribution in [0.25, 0.3) is 11.0 Å². The Morgan fingerprint density at radius 1 is 1.50 bits per heavy atom. The van der Waals surface area contributed by atoms with Crippen molar-refractivity contribution >= 4 is 39.2 Å². The van der Waals surface area contributed by atoms with Gasteiger partial charge < -0.3 is 14.5 Å². The lowest BCUT2D eigenvalue weighted by Crippen LogP contribution is -2.22. The molecule has 1 atom stereocenters. The van der Waals surface area contributed by atoms with Crippen molar-refractivity contribution in [3.05, 3.63) is 27.2 Å². The molecule has 0 aliphatic rings. The van der Waals surface area contributed by atoms with Crippen LogP contribution in [0.5, 0.6) is 0 Å². The number of aromatic amines is 1. The van der Waals surface area contributed by atoms with Crippen LogP contribution in [-0.2, 0) is 0 Å². The standard InChI is InChI=1S/C12H15BrFN3S/c1-7(6-16(2)3)17-11-5-9(14)8(13)4-10(11)15-12(17)18/h4-5,7H,6H2,1-3H3,(H,15,18). The van der Waals surface area contributed by atoms with E-state index in [2.05, 4.69) is 32.7 Å². The summed E-state index contributed by atoms with van der Waals surface area (Å²) < 4.78 is 16.7. The maximum atomic E-state index is 13.6. The van der Waals surface area contributed by atoms with E-state index in [1.165, 1.54) is 6.07 Å². The summed E-state index contributed by atoms with van der Waals surface area (Å²) in [5, 5.41) is 0. The molecule has 6 heteroatoms. The van der Waals surface area contributed by atoms with Crippen LogP contribution in [0.4, 0.5) is 4.39 Å². The molecule has 0 saturated heterocycles. The topological polar surface area (TPSA) is 24.0 Å². The molecule has 0 aliphatic carbocycles. The van der Waals surface area contributed by atoms with Crippen molar-refractivity contribution in [3.8, 4) is 0 Å². The van der Waals surface area contributed by atoms with E-state index in [1.807, 2.05) is 18.7 Å². The van der Waals surface area contributed by atoms with Gasteiger partial charge in [0, 0.05) is 18.7 Å². The quantitative estimate of drug-likeness (QED) is 0.866. The van der Waals surface area contributed by atoms with Crippen LogP contribution in [0.1, 0.15) is 13.0 Å². The number of likely N-dealkylation sites (N-methyl/N-ethyl adjacent to an activating group) is 1. The Balaban J connectivity index is 2.60. The molecule has 18 heavy (non-hydrogen) atoms. The van der Waals surface area contributed by atoms with Gasteiger partial charge in [0.25, 0.3) is 0 Å². The Kier molecular flexibility index (Phi) is 3.89. The maximum Gasteiger partial charge on any atom is 0.178 e. The van der Waals surface area contributed by atoms with Gasteiger partial charge in [-0.05, 0) is 55.2 Å². The number of imidazole rings is 1. The Morgan fingerprint density at radius 2 is 2.17 bits per heavy atom. The Morgan fingerprint density at radius 3 is 2.78 bits per heavy atom. The fourth-order valence-corrected chi connectivity index (χ4v) is 2.90. The number of halogens is 2. The second-order valence-corrected chi connectivity index (χ2v) is 5.94. The Hall–Kier alpha value is -0.720. The molecule has 1 aromatic heterocycles. The molecule has 0 aliphatic heterocycles. The van der Waals surface area contributed by atoms with Gasteiger partial charge in [-0.2, -0.15) is 0 Å². The number of fused-ring (bicyclic) bond motifs is 1. The molecular weight excluding hydrogens is 317 g/mol. The molecule has 1 unspecified atom stereocenters. The van der Waals surface area contributed by atoms with Gasteiger partial charge in [0.05, 0.1) is 15.5 Å². The van der Waals surface area contributed by atoms with E-state index in [9.17, 15) is 4.39 Å². The first-order chi connectivity index (χ1) is 8.40. The third-order valence-corrected chi connectivity index (χ3v) is 3.74. The van der Waals surface area contributed by atoms with Crippen molar-refractivity contribution in [1.82, 2.24) is 14.5 Å². The number of benzene rings is 1. The predicted molar refractivity (Wildman–Crippen MR) is 78.0 cm³/mol. The minimum atomic E-state index is -0.276. The first-order valence-electron chi connectivity index (χ1n) is 5.64. The number of rotatable bonds is 3. The van der Waals surface area contributed by atoms with E-state index in [4.69, 9.17) is 12.2 Å². The van der Waals surface area contributed by atoms with Gasteiger partial charge in [-0.25, -0.2) is 4.39 Å². The number of nitrogens with one attached hydrogen (secondary N) is 1. The van der Waals surface area contributed by atoms with Gasteiger partial charge in [0.1, 0.15) is 5.82 Å². The molecule has 0 fully saturated rings. The summed E-state index contributed by atoms with van der Waals surface area (Å²) in [7, 11) is 4.01. The zero-order valence-corrected chi connectivity index (χ0v) is 12.9. The van der Waals surface area contributed by atoms with Crippen molar-refractivity contribution in [3.63, 3.8) is 0 Å². The predicted octanol–water partition coefficient (Wildman–Crippen LogP) is 3.72. The summed E-state index contributed by atoms with van der Waals surface area (Å²) >= 11 is 8.50. The number of H-pyrrole nitrogens is 1. The van der Waals surface area contributed by atoms with Crippen LogP contribution in [0, 0.1) is 10.6 Å². The fourth-order valence-electron chi connectivity index (χ4n) is 2.17. The third-order valence-electron chi connectivity index (χ3n) is 2.83. The van der Waals surface area contributed by atoms with Crippen molar-refractivity contribution in [2.75, 3.05) is 20.6 Å². The number of aromatic nitrogens is 2. The number of hydrogen-bond acceptors (Lipinski definition) is 2. The maximum absolute atomic E-state index is 13.6. The SMILES string of the molecule is CC(CN(C)C)n1c(=S)[nH]c2cc(Br)c(F)cc21. The Labute approximate surface area is 119 Å². The van der Waals surface area contributed by atoms with E-state index in [0.717, 1.165) is 17.6 Å². The monoisotopic (exact) mass is 331 g/mol. The zero-order chi connectivity index (χ0) is 13.4. The van der Waals surface area contributed by atoms with E-state index < -0.39 is 0 Å². The van der Waals surface area contributed by atoms with Crippen LogP contribution < -0.4 is 0 Å². The van der Waals surface area contributed by atoms with Gasteiger partial charge in [-0.3, -0.25) is 0 Å². The van der Waals surface area contributed by atoms with Crippen molar-refractivity contribution in [2.45, 2.75) is 13.0 Å². The lowest BCUT2D eigenvalue weighted by Gasteiger charge is -2.19. The zero-order valence-electron chi connectivity index (χ0n) is 10.5. The smallest absolute Gasteiger partial charge is 0.178 e. The fraction of sp³-hybridized carbons (Fsp3) is 0.417. The molecule has 0 radical (unpaired) electrons. The second-order valence-electron chi connectivity index (χ2n) is 4.69.